The fourth-order valence-corrected chi connectivity index (χ4v) is 6.55. The lowest BCUT2D eigenvalue weighted by molar-refractivity contribution is 0.102. The molecule has 0 aliphatic carbocycles. The number of methoxy groups -OCH3 is 1. The number of carbonyl (C=O) groups excluding carboxylic acids is 1. The van der Waals surface area contributed by atoms with Gasteiger partial charge in [0.2, 0.25) is 0 Å². The van der Waals surface area contributed by atoms with Gasteiger partial charge in [0, 0.05) is 31.0 Å². The van der Waals surface area contributed by atoms with E-state index in [-0.39, 0.29) is 12.5 Å². The van der Waals surface area contributed by atoms with E-state index < -0.39 is 0 Å². The van der Waals surface area contributed by atoms with Crippen molar-refractivity contribution in [3.8, 4) is 33.0 Å². The number of rotatable bonds is 7. The molecular weight excluding hydrogens is 539 g/mol. The summed E-state index contributed by atoms with van der Waals surface area (Å²) in [5, 5.41) is 4.61. The predicted octanol–water partition coefficient (Wildman–Crippen LogP) is 6.33. The molecule has 200 valence electrons. The van der Waals surface area contributed by atoms with Crippen LogP contribution >= 0.6 is 22.7 Å². The van der Waals surface area contributed by atoms with E-state index in [9.17, 15) is 4.79 Å². The zero-order valence-corrected chi connectivity index (χ0v) is 23.6. The quantitative estimate of drug-likeness (QED) is 0.232. The Morgan fingerprint density at radius 2 is 1.82 bits per heavy atom. The van der Waals surface area contributed by atoms with Crippen LogP contribution in [0.15, 0.2) is 66.9 Å². The van der Waals surface area contributed by atoms with E-state index in [1.807, 2.05) is 60.8 Å². The Morgan fingerprint density at radius 3 is 2.65 bits per heavy atom. The summed E-state index contributed by atoms with van der Waals surface area (Å²) >= 11 is 2.91. The van der Waals surface area contributed by atoms with Crippen LogP contribution in [-0.4, -0.2) is 52.6 Å². The summed E-state index contributed by atoms with van der Waals surface area (Å²) in [5.41, 5.74) is 4.78. The first kappa shape index (κ1) is 26.3. The molecule has 0 saturated carbocycles. The maximum atomic E-state index is 13.6. The van der Waals surface area contributed by atoms with Gasteiger partial charge in [-0.25, -0.2) is 15.0 Å². The zero-order chi connectivity index (χ0) is 27.3. The van der Waals surface area contributed by atoms with Gasteiger partial charge in [0.1, 0.15) is 31.8 Å². The average Bonchev–Trinajstić information content (AvgIpc) is 3.74. The van der Waals surface area contributed by atoms with E-state index in [4.69, 9.17) is 14.7 Å². The number of anilines is 1. The second kappa shape index (κ2) is 12.1. The summed E-state index contributed by atoms with van der Waals surface area (Å²) in [6, 6.07) is 19.6. The number of thiazole rings is 2. The van der Waals surface area contributed by atoms with Crippen LogP contribution in [0.5, 0.6) is 0 Å². The van der Waals surface area contributed by atoms with Crippen molar-refractivity contribution in [2.24, 2.45) is 0 Å². The number of amides is 1. The minimum atomic E-state index is -0.320. The van der Waals surface area contributed by atoms with E-state index in [0.717, 1.165) is 51.1 Å². The molecule has 9 heteroatoms. The molecule has 3 aromatic heterocycles. The molecular formula is C31H27N5O2S2. The van der Waals surface area contributed by atoms with Crippen LogP contribution in [0.3, 0.4) is 0 Å². The summed E-state index contributed by atoms with van der Waals surface area (Å²) in [6.07, 6.45) is 4.47. The number of hydrogen-bond donors (Lipinski definition) is 1. The summed E-state index contributed by atoms with van der Waals surface area (Å²) in [5.74, 6) is 5.70. The molecule has 0 spiro atoms. The first-order valence-electron chi connectivity index (χ1n) is 13.1. The SMILES string of the molecule is COCC#Cc1sc(-c2ccccc2)nc1C(=O)Nc1ccccc1-c1nc2cc(CN3CCCC3)cnc2s1. The summed E-state index contributed by atoms with van der Waals surface area (Å²) < 4.78 is 5.08. The molecule has 1 N–H and O–H groups in total. The van der Waals surface area contributed by atoms with E-state index in [1.165, 1.54) is 41.1 Å². The Balaban J connectivity index is 1.29. The topological polar surface area (TPSA) is 80.2 Å². The molecule has 1 amide bonds. The highest BCUT2D eigenvalue weighted by Gasteiger charge is 2.21. The normalized spacial score (nSPS) is 13.3. The standard InChI is InChI=1S/C31H27N5O2S2/c1-38-17-9-14-26-27(35-29(39-26)22-10-3-2-4-11-22)28(37)33-24-13-6-5-12-23(24)30-34-25-18-21(19-32-31(25)40-30)20-36-15-7-8-16-36/h2-6,10-13,18-19H,7-8,15-17,20H2,1H3,(H,33,37). The Labute approximate surface area is 240 Å². The van der Waals surface area contributed by atoms with Crippen LogP contribution in [-0.2, 0) is 11.3 Å². The van der Waals surface area contributed by atoms with Crippen molar-refractivity contribution in [1.82, 2.24) is 19.9 Å². The Kier molecular flexibility index (Phi) is 7.93. The third-order valence-electron chi connectivity index (χ3n) is 6.60. The highest BCUT2D eigenvalue weighted by molar-refractivity contribution is 7.21. The van der Waals surface area contributed by atoms with Crippen molar-refractivity contribution in [2.45, 2.75) is 19.4 Å². The predicted molar refractivity (Wildman–Crippen MR) is 162 cm³/mol. The first-order chi connectivity index (χ1) is 19.7. The van der Waals surface area contributed by atoms with Crippen molar-refractivity contribution in [2.75, 3.05) is 32.1 Å². The van der Waals surface area contributed by atoms with Crippen molar-refractivity contribution in [3.05, 3.63) is 83.0 Å². The van der Waals surface area contributed by atoms with Gasteiger partial charge in [-0.3, -0.25) is 9.69 Å². The van der Waals surface area contributed by atoms with Crippen molar-refractivity contribution in [3.63, 3.8) is 0 Å². The minimum Gasteiger partial charge on any atom is -0.372 e. The number of likely N-dealkylation sites (tertiary alicyclic amines) is 1. The zero-order valence-electron chi connectivity index (χ0n) is 22.0. The molecule has 0 atom stereocenters. The van der Waals surface area contributed by atoms with Crippen molar-refractivity contribution in [1.29, 1.82) is 0 Å². The molecule has 0 unspecified atom stereocenters. The number of hydrogen-bond acceptors (Lipinski definition) is 8. The molecule has 1 aliphatic rings. The number of pyridine rings is 1. The van der Waals surface area contributed by atoms with Crippen molar-refractivity contribution >= 4 is 44.6 Å². The second-order valence-electron chi connectivity index (χ2n) is 9.47. The molecule has 40 heavy (non-hydrogen) atoms. The van der Waals surface area contributed by atoms with Gasteiger partial charge in [0.15, 0.2) is 5.69 Å². The van der Waals surface area contributed by atoms with E-state index in [0.29, 0.717) is 16.3 Å². The van der Waals surface area contributed by atoms with E-state index in [2.05, 4.69) is 33.1 Å². The van der Waals surface area contributed by atoms with E-state index in [1.54, 1.807) is 7.11 Å². The largest absolute Gasteiger partial charge is 0.372 e. The molecule has 4 heterocycles. The average molecular weight is 566 g/mol. The number of aromatic nitrogens is 3. The highest BCUT2D eigenvalue weighted by atomic mass is 32.1. The van der Waals surface area contributed by atoms with Crippen molar-refractivity contribution < 1.29 is 9.53 Å². The van der Waals surface area contributed by atoms with Crippen LogP contribution < -0.4 is 5.32 Å². The van der Waals surface area contributed by atoms with Gasteiger partial charge in [-0.05, 0) is 49.7 Å². The Bertz CT molecular complexity index is 1710. The molecule has 5 aromatic rings. The third kappa shape index (κ3) is 5.81. The first-order valence-corrected chi connectivity index (χ1v) is 14.7. The summed E-state index contributed by atoms with van der Waals surface area (Å²) in [6.45, 7) is 3.45. The maximum Gasteiger partial charge on any atom is 0.276 e. The fraction of sp³-hybridized carbons (Fsp3) is 0.226. The van der Waals surface area contributed by atoms with E-state index >= 15 is 0 Å². The van der Waals surface area contributed by atoms with Gasteiger partial charge in [0.05, 0.1) is 5.69 Å². The monoisotopic (exact) mass is 565 g/mol. The molecule has 1 fully saturated rings. The smallest absolute Gasteiger partial charge is 0.276 e. The molecule has 6 rings (SSSR count). The van der Waals surface area contributed by atoms with Crippen LogP contribution in [0.2, 0.25) is 0 Å². The van der Waals surface area contributed by atoms with Gasteiger partial charge in [-0.2, -0.15) is 0 Å². The Morgan fingerprint density at radius 1 is 1.02 bits per heavy atom. The number of nitrogens with zero attached hydrogens (tertiary/aromatic N) is 4. The number of carbonyl (C=O) groups is 1. The summed E-state index contributed by atoms with van der Waals surface area (Å²) in [4.78, 5) is 31.8. The lowest BCUT2D eigenvalue weighted by Crippen LogP contribution is -2.18. The number of para-hydroxylation sites is 1. The molecule has 7 nitrogen and oxygen atoms in total. The number of benzene rings is 2. The number of fused-ring (bicyclic) bond motifs is 1. The third-order valence-corrected chi connectivity index (χ3v) is 8.63. The number of ether oxygens (including phenoxy) is 1. The maximum absolute atomic E-state index is 13.6. The number of nitrogens with one attached hydrogen (secondary N) is 1. The van der Waals surface area contributed by atoms with Gasteiger partial charge >= 0.3 is 0 Å². The molecule has 2 aromatic carbocycles. The lowest BCUT2D eigenvalue weighted by atomic mass is 10.1. The molecule has 1 saturated heterocycles. The second-order valence-corrected chi connectivity index (χ2v) is 11.4. The highest BCUT2D eigenvalue weighted by Crippen LogP contribution is 2.35. The minimum absolute atomic E-state index is 0.272. The van der Waals surface area contributed by atoms with Gasteiger partial charge in [-0.1, -0.05) is 65.6 Å². The van der Waals surface area contributed by atoms with Gasteiger partial charge < -0.3 is 10.1 Å². The lowest BCUT2D eigenvalue weighted by Gasteiger charge is -2.13. The fourth-order valence-electron chi connectivity index (χ4n) is 4.68. The van der Waals surface area contributed by atoms with Gasteiger partial charge in [0.25, 0.3) is 5.91 Å². The molecule has 1 aliphatic heterocycles. The molecule has 0 bridgehead atoms. The van der Waals surface area contributed by atoms with Crippen LogP contribution in [0.4, 0.5) is 5.69 Å². The van der Waals surface area contributed by atoms with Crippen LogP contribution in [0, 0.1) is 11.8 Å². The van der Waals surface area contributed by atoms with Crippen LogP contribution in [0.1, 0.15) is 33.8 Å². The van der Waals surface area contributed by atoms with Crippen LogP contribution in [0.25, 0.3) is 31.5 Å². The van der Waals surface area contributed by atoms with Gasteiger partial charge in [-0.15, -0.1) is 11.3 Å². The molecule has 0 radical (unpaired) electrons. The Hall–Kier alpha value is -3.94. The summed E-state index contributed by atoms with van der Waals surface area (Å²) in [7, 11) is 1.59.